The van der Waals surface area contributed by atoms with Crippen molar-refractivity contribution >= 4 is 16.5 Å². The summed E-state index contributed by atoms with van der Waals surface area (Å²) < 4.78 is 9.95. The number of hydrogen-bond acceptors (Lipinski definition) is 6. The zero-order chi connectivity index (χ0) is 13.1. The summed E-state index contributed by atoms with van der Waals surface area (Å²) in [5, 5.41) is 8.87. The van der Waals surface area contributed by atoms with E-state index in [9.17, 15) is 0 Å². The topological polar surface area (TPSA) is 50.3 Å². The lowest BCUT2D eigenvalue weighted by Gasteiger charge is -2.37. The molecule has 2 fully saturated rings. The average Bonchev–Trinajstić information content (AvgIpc) is 3.05. The fraction of sp³-hybridized carbons (Fsp3) is 0.846. The molecule has 1 aliphatic heterocycles. The Kier molecular flexibility index (Phi) is 4.30. The minimum absolute atomic E-state index is 0.451. The lowest BCUT2D eigenvalue weighted by atomic mass is 10.1. The fourth-order valence-electron chi connectivity index (χ4n) is 3.08. The lowest BCUT2D eigenvalue weighted by Crippen LogP contribution is -2.47. The third kappa shape index (κ3) is 2.90. The maximum atomic E-state index is 5.86. The Bertz CT molecular complexity index is 411. The van der Waals surface area contributed by atoms with Gasteiger partial charge in [0.2, 0.25) is 0 Å². The zero-order valence-corrected chi connectivity index (χ0v) is 12.3. The van der Waals surface area contributed by atoms with Crippen LogP contribution >= 0.6 is 11.5 Å². The van der Waals surface area contributed by atoms with Gasteiger partial charge in [-0.25, -0.2) is 0 Å². The molecule has 2 aliphatic rings. The number of morpholine rings is 1. The SMILES string of the molecule is CCCNc1snnc1CN1CCOC2CCCC21. The van der Waals surface area contributed by atoms with Crippen LogP contribution in [0, 0.1) is 0 Å². The maximum Gasteiger partial charge on any atom is 0.134 e. The minimum atomic E-state index is 0.451. The highest BCUT2D eigenvalue weighted by molar-refractivity contribution is 7.10. The first-order valence-electron chi connectivity index (χ1n) is 7.29. The van der Waals surface area contributed by atoms with Gasteiger partial charge >= 0.3 is 0 Å². The van der Waals surface area contributed by atoms with Crippen molar-refractivity contribution in [2.75, 3.05) is 25.0 Å². The molecular weight excluding hydrogens is 260 g/mol. The van der Waals surface area contributed by atoms with E-state index in [4.69, 9.17) is 4.74 Å². The number of fused-ring (bicyclic) bond motifs is 1. The number of hydrogen-bond donors (Lipinski definition) is 1. The molecule has 5 nitrogen and oxygen atoms in total. The van der Waals surface area contributed by atoms with Gasteiger partial charge < -0.3 is 10.1 Å². The van der Waals surface area contributed by atoms with Gasteiger partial charge in [-0.15, -0.1) is 5.10 Å². The van der Waals surface area contributed by atoms with Crippen LogP contribution in [0.15, 0.2) is 0 Å². The Balaban J connectivity index is 1.65. The predicted octanol–water partition coefficient (Wildman–Crippen LogP) is 2.11. The van der Waals surface area contributed by atoms with Gasteiger partial charge in [0, 0.05) is 37.2 Å². The van der Waals surface area contributed by atoms with Crippen molar-refractivity contribution in [2.24, 2.45) is 0 Å². The monoisotopic (exact) mass is 282 g/mol. The molecule has 1 aromatic heterocycles. The predicted molar refractivity (Wildman–Crippen MR) is 76.5 cm³/mol. The number of aromatic nitrogens is 2. The quantitative estimate of drug-likeness (QED) is 0.896. The summed E-state index contributed by atoms with van der Waals surface area (Å²) in [4.78, 5) is 2.54. The van der Waals surface area contributed by atoms with Crippen LogP contribution in [0.5, 0.6) is 0 Å². The van der Waals surface area contributed by atoms with Gasteiger partial charge in [-0.2, -0.15) is 0 Å². The summed E-state index contributed by atoms with van der Waals surface area (Å²) in [7, 11) is 0. The van der Waals surface area contributed by atoms with Crippen LogP contribution in [0.25, 0.3) is 0 Å². The van der Waals surface area contributed by atoms with Crippen LogP contribution in [0.3, 0.4) is 0 Å². The van der Waals surface area contributed by atoms with Crippen molar-refractivity contribution in [1.82, 2.24) is 14.5 Å². The van der Waals surface area contributed by atoms with Gasteiger partial charge in [-0.1, -0.05) is 11.4 Å². The van der Waals surface area contributed by atoms with E-state index in [1.165, 1.54) is 30.8 Å². The third-order valence-electron chi connectivity index (χ3n) is 4.04. The van der Waals surface area contributed by atoms with Crippen LogP contribution < -0.4 is 5.32 Å². The van der Waals surface area contributed by atoms with E-state index >= 15 is 0 Å². The van der Waals surface area contributed by atoms with Crippen molar-refractivity contribution in [2.45, 2.75) is 51.3 Å². The number of ether oxygens (including phenoxy) is 1. The largest absolute Gasteiger partial charge is 0.375 e. The summed E-state index contributed by atoms with van der Waals surface area (Å²) in [6.07, 6.45) is 5.35. The molecular formula is C13H22N4OS. The maximum absolute atomic E-state index is 5.86. The Morgan fingerprint density at radius 1 is 1.47 bits per heavy atom. The molecule has 0 spiro atoms. The van der Waals surface area contributed by atoms with E-state index in [1.807, 2.05) is 0 Å². The second-order valence-electron chi connectivity index (χ2n) is 5.35. The van der Waals surface area contributed by atoms with Crippen LogP contribution in [0.1, 0.15) is 38.3 Å². The Hall–Kier alpha value is -0.720. The number of nitrogens with zero attached hydrogens (tertiary/aromatic N) is 3. The molecule has 19 heavy (non-hydrogen) atoms. The van der Waals surface area contributed by atoms with E-state index < -0.39 is 0 Å². The first-order valence-corrected chi connectivity index (χ1v) is 8.06. The van der Waals surface area contributed by atoms with Crippen molar-refractivity contribution in [3.05, 3.63) is 5.69 Å². The first kappa shape index (κ1) is 13.3. The lowest BCUT2D eigenvalue weighted by molar-refractivity contribution is -0.0591. The summed E-state index contributed by atoms with van der Waals surface area (Å²) in [5.41, 5.74) is 1.10. The summed E-state index contributed by atoms with van der Waals surface area (Å²) in [6, 6.07) is 0.592. The summed E-state index contributed by atoms with van der Waals surface area (Å²) in [5.74, 6) is 0. The molecule has 0 amide bonds. The van der Waals surface area contributed by atoms with Crippen molar-refractivity contribution in [3.63, 3.8) is 0 Å². The average molecular weight is 282 g/mol. The number of rotatable bonds is 5. The molecule has 1 aromatic rings. The normalized spacial score (nSPS) is 27.4. The van der Waals surface area contributed by atoms with E-state index in [0.717, 1.165) is 43.4 Å². The zero-order valence-electron chi connectivity index (χ0n) is 11.5. The molecule has 1 saturated carbocycles. The molecule has 1 N–H and O–H groups in total. The van der Waals surface area contributed by atoms with Gasteiger partial charge in [0.25, 0.3) is 0 Å². The second-order valence-corrected chi connectivity index (χ2v) is 6.11. The van der Waals surface area contributed by atoms with Crippen LogP contribution in [-0.2, 0) is 11.3 Å². The molecule has 106 valence electrons. The Morgan fingerprint density at radius 3 is 3.32 bits per heavy atom. The van der Waals surface area contributed by atoms with Crippen LogP contribution in [0.2, 0.25) is 0 Å². The first-order chi connectivity index (χ1) is 9.38. The van der Waals surface area contributed by atoms with Gasteiger partial charge in [0.15, 0.2) is 0 Å². The molecule has 3 rings (SSSR count). The Labute approximate surface area is 118 Å². The van der Waals surface area contributed by atoms with E-state index in [2.05, 4.69) is 26.7 Å². The van der Waals surface area contributed by atoms with Gasteiger partial charge in [-0.05, 0) is 25.7 Å². The minimum Gasteiger partial charge on any atom is -0.375 e. The van der Waals surface area contributed by atoms with Crippen LogP contribution in [-0.4, -0.2) is 46.3 Å². The standard InChI is InChI=1S/C13H22N4OS/c1-2-6-14-13-10(15-16-19-13)9-17-7-8-18-12-5-3-4-11(12)17/h11-12,14H,2-9H2,1H3. The van der Waals surface area contributed by atoms with Gasteiger partial charge in [0.05, 0.1) is 12.7 Å². The highest BCUT2D eigenvalue weighted by Gasteiger charge is 2.36. The molecule has 0 aromatic carbocycles. The van der Waals surface area contributed by atoms with E-state index in [1.54, 1.807) is 0 Å². The van der Waals surface area contributed by atoms with E-state index in [0.29, 0.717) is 12.1 Å². The molecule has 0 bridgehead atoms. The number of anilines is 1. The number of nitrogens with one attached hydrogen (secondary N) is 1. The molecule has 2 unspecified atom stereocenters. The summed E-state index contributed by atoms with van der Waals surface area (Å²) in [6.45, 7) is 5.95. The molecule has 2 heterocycles. The summed E-state index contributed by atoms with van der Waals surface area (Å²) >= 11 is 1.47. The van der Waals surface area contributed by atoms with Gasteiger partial charge in [-0.3, -0.25) is 4.90 Å². The molecule has 6 heteroatoms. The fourth-order valence-corrected chi connectivity index (χ4v) is 3.68. The van der Waals surface area contributed by atoms with Crippen molar-refractivity contribution in [1.29, 1.82) is 0 Å². The second kappa shape index (κ2) is 6.15. The Morgan fingerprint density at radius 2 is 2.42 bits per heavy atom. The highest BCUT2D eigenvalue weighted by atomic mass is 32.1. The molecule has 2 atom stereocenters. The molecule has 1 saturated heterocycles. The third-order valence-corrected chi connectivity index (χ3v) is 4.77. The smallest absolute Gasteiger partial charge is 0.134 e. The van der Waals surface area contributed by atoms with E-state index in [-0.39, 0.29) is 0 Å². The van der Waals surface area contributed by atoms with Crippen LogP contribution in [0.4, 0.5) is 5.00 Å². The van der Waals surface area contributed by atoms with Gasteiger partial charge in [0.1, 0.15) is 10.7 Å². The highest BCUT2D eigenvalue weighted by Crippen LogP contribution is 2.31. The van der Waals surface area contributed by atoms with Crippen molar-refractivity contribution < 1.29 is 4.74 Å². The van der Waals surface area contributed by atoms with Crippen molar-refractivity contribution in [3.8, 4) is 0 Å². The molecule has 0 radical (unpaired) electrons. The molecule has 1 aliphatic carbocycles.